The van der Waals surface area contributed by atoms with Gasteiger partial charge in [-0.2, -0.15) is 16.9 Å². The minimum absolute atomic E-state index is 0.0157. The SMILES string of the molecule is COc1ccc(OC)c(-c2cc(C(=O)N3CCSC(c4cccs4)CC3)[nH]n2)c1. The van der Waals surface area contributed by atoms with E-state index in [0.717, 1.165) is 30.8 Å². The van der Waals surface area contributed by atoms with Gasteiger partial charge in [0.25, 0.3) is 5.91 Å². The van der Waals surface area contributed by atoms with Crippen LogP contribution >= 0.6 is 23.1 Å². The first kappa shape index (κ1) is 19.8. The Morgan fingerprint density at radius 2 is 2.10 bits per heavy atom. The zero-order chi connectivity index (χ0) is 20.2. The van der Waals surface area contributed by atoms with E-state index < -0.39 is 0 Å². The maximum Gasteiger partial charge on any atom is 0.271 e. The molecule has 3 aromatic rings. The number of benzene rings is 1. The van der Waals surface area contributed by atoms with Crippen LogP contribution in [0.25, 0.3) is 11.3 Å². The molecule has 0 spiro atoms. The summed E-state index contributed by atoms with van der Waals surface area (Å²) in [7, 11) is 3.23. The highest BCUT2D eigenvalue weighted by atomic mass is 32.2. The summed E-state index contributed by atoms with van der Waals surface area (Å²) in [5.74, 6) is 2.30. The average molecular weight is 430 g/mol. The fourth-order valence-electron chi connectivity index (χ4n) is 3.43. The number of carbonyl (C=O) groups is 1. The van der Waals surface area contributed by atoms with Gasteiger partial charge in [0.1, 0.15) is 17.2 Å². The summed E-state index contributed by atoms with van der Waals surface area (Å²) >= 11 is 3.72. The van der Waals surface area contributed by atoms with Crippen LogP contribution in [-0.2, 0) is 0 Å². The number of hydrogen-bond acceptors (Lipinski definition) is 6. The van der Waals surface area contributed by atoms with E-state index in [1.54, 1.807) is 31.6 Å². The maximum atomic E-state index is 13.1. The van der Waals surface area contributed by atoms with Gasteiger partial charge in [0, 0.05) is 34.5 Å². The van der Waals surface area contributed by atoms with Crippen molar-refractivity contribution < 1.29 is 14.3 Å². The van der Waals surface area contributed by atoms with Crippen molar-refractivity contribution in [3.63, 3.8) is 0 Å². The predicted molar refractivity (Wildman–Crippen MR) is 117 cm³/mol. The Balaban J connectivity index is 1.50. The standard InChI is InChI=1S/C21H23N3O3S2/c1-26-14-5-6-18(27-2)15(12-14)16-13-17(23-22-16)21(25)24-8-7-20(29-11-9-24)19-4-3-10-28-19/h3-6,10,12-13,20H,7-9,11H2,1-2H3,(H,22,23). The molecule has 152 valence electrons. The molecule has 1 N–H and O–H groups in total. The lowest BCUT2D eigenvalue weighted by molar-refractivity contribution is 0.0760. The number of carbonyl (C=O) groups excluding carboxylic acids is 1. The molecule has 1 aliphatic heterocycles. The smallest absolute Gasteiger partial charge is 0.271 e. The van der Waals surface area contributed by atoms with Gasteiger partial charge < -0.3 is 14.4 Å². The number of ether oxygens (including phenoxy) is 2. The first-order valence-electron chi connectivity index (χ1n) is 9.41. The van der Waals surface area contributed by atoms with E-state index in [1.807, 2.05) is 34.9 Å². The molecule has 1 amide bonds. The molecule has 3 heterocycles. The van der Waals surface area contributed by atoms with E-state index in [0.29, 0.717) is 28.1 Å². The van der Waals surface area contributed by atoms with Crippen LogP contribution in [-0.4, -0.2) is 54.1 Å². The van der Waals surface area contributed by atoms with Gasteiger partial charge in [-0.15, -0.1) is 11.3 Å². The lowest BCUT2D eigenvalue weighted by Gasteiger charge is -2.19. The molecular weight excluding hydrogens is 406 g/mol. The van der Waals surface area contributed by atoms with Crippen LogP contribution in [0, 0.1) is 0 Å². The highest BCUT2D eigenvalue weighted by Gasteiger charge is 2.25. The number of aromatic nitrogens is 2. The van der Waals surface area contributed by atoms with E-state index in [-0.39, 0.29) is 5.91 Å². The Morgan fingerprint density at radius 3 is 2.86 bits per heavy atom. The van der Waals surface area contributed by atoms with Crippen LogP contribution in [0.2, 0.25) is 0 Å². The normalized spacial score (nSPS) is 17.0. The molecule has 29 heavy (non-hydrogen) atoms. The zero-order valence-corrected chi connectivity index (χ0v) is 18.0. The van der Waals surface area contributed by atoms with Gasteiger partial charge in [0.2, 0.25) is 0 Å². The summed E-state index contributed by atoms with van der Waals surface area (Å²) in [6.07, 6.45) is 0.960. The van der Waals surface area contributed by atoms with Crippen LogP contribution in [0.4, 0.5) is 0 Å². The Labute approximate surface area is 178 Å². The minimum atomic E-state index is -0.0157. The van der Waals surface area contributed by atoms with Gasteiger partial charge in [-0.05, 0) is 42.1 Å². The molecule has 1 fully saturated rings. The molecule has 0 bridgehead atoms. The van der Waals surface area contributed by atoms with Gasteiger partial charge in [-0.25, -0.2) is 0 Å². The molecule has 0 aliphatic carbocycles. The monoisotopic (exact) mass is 429 g/mol. The highest BCUT2D eigenvalue weighted by Crippen LogP contribution is 2.37. The third-order valence-corrected chi connectivity index (χ3v) is 7.43. The van der Waals surface area contributed by atoms with E-state index in [4.69, 9.17) is 9.47 Å². The summed E-state index contributed by atoms with van der Waals surface area (Å²) in [5.41, 5.74) is 1.93. The molecule has 1 saturated heterocycles. The Kier molecular flexibility index (Phi) is 6.10. The number of nitrogens with zero attached hydrogens (tertiary/aromatic N) is 2. The average Bonchev–Trinajstić information content (AvgIpc) is 3.41. The molecule has 1 atom stereocenters. The molecule has 4 rings (SSSR count). The second-order valence-corrected chi connectivity index (χ2v) is 8.98. The number of nitrogens with one attached hydrogen (secondary N) is 1. The summed E-state index contributed by atoms with van der Waals surface area (Å²) in [6, 6.07) is 11.6. The van der Waals surface area contributed by atoms with Gasteiger partial charge in [-0.3, -0.25) is 9.89 Å². The molecular formula is C21H23N3O3S2. The summed E-state index contributed by atoms with van der Waals surface area (Å²) < 4.78 is 10.8. The maximum absolute atomic E-state index is 13.1. The van der Waals surface area contributed by atoms with Crippen LogP contribution in [0.3, 0.4) is 0 Å². The summed E-state index contributed by atoms with van der Waals surface area (Å²) in [4.78, 5) is 16.4. The van der Waals surface area contributed by atoms with Crippen molar-refractivity contribution in [2.75, 3.05) is 33.1 Å². The van der Waals surface area contributed by atoms with E-state index in [2.05, 4.69) is 27.7 Å². The number of amides is 1. The number of thioether (sulfide) groups is 1. The zero-order valence-electron chi connectivity index (χ0n) is 16.4. The van der Waals surface area contributed by atoms with E-state index in [1.165, 1.54) is 4.88 Å². The van der Waals surface area contributed by atoms with Gasteiger partial charge in [0.15, 0.2) is 0 Å². The van der Waals surface area contributed by atoms with Crippen LogP contribution in [0.5, 0.6) is 11.5 Å². The highest BCUT2D eigenvalue weighted by molar-refractivity contribution is 7.99. The van der Waals surface area contributed by atoms with Crippen molar-refractivity contribution >= 4 is 29.0 Å². The fraction of sp³-hybridized carbons (Fsp3) is 0.333. The molecule has 6 nitrogen and oxygen atoms in total. The largest absolute Gasteiger partial charge is 0.497 e. The van der Waals surface area contributed by atoms with Crippen molar-refractivity contribution in [2.24, 2.45) is 0 Å². The molecule has 8 heteroatoms. The fourth-order valence-corrected chi connectivity index (χ4v) is 5.67. The van der Waals surface area contributed by atoms with Crippen molar-refractivity contribution in [3.8, 4) is 22.8 Å². The summed E-state index contributed by atoms with van der Waals surface area (Å²) in [6.45, 7) is 1.48. The van der Waals surface area contributed by atoms with Crippen molar-refractivity contribution in [1.82, 2.24) is 15.1 Å². The van der Waals surface area contributed by atoms with Crippen LogP contribution < -0.4 is 9.47 Å². The van der Waals surface area contributed by atoms with Crippen molar-refractivity contribution in [2.45, 2.75) is 11.7 Å². The number of hydrogen-bond donors (Lipinski definition) is 1. The molecule has 1 aliphatic rings. The second kappa shape index (κ2) is 8.92. The van der Waals surface area contributed by atoms with Gasteiger partial charge in [-0.1, -0.05) is 6.07 Å². The molecule has 2 aromatic heterocycles. The first-order chi connectivity index (χ1) is 14.2. The number of methoxy groups -OCH3 is 2. The lowest BCUT2D eigenvalue weighted by Crippen LogP contribution is -2.33. The third kappa shape index (κ3) is 4.28. The second-order valence-electron chi connectivity index (χ2n) is 6.69. The number of rotatable bonds is 5. The summed E-state index contributed by atoms with van der Waals surface area (Å²) in [5, 5.41) is 9.84. The van der Waals surface area contributed by atoms with Crippen molar-refractivity contribution in [3.05, 3.63) is 52.3 Å². The predicted octanol–water partition coefficient (Wildman–Crippen LogP) is 4.48. The molecule has 0 radical (unpaired) electrons. The van der Waals surface area contributed by atoms with Crippen LogP contribution in [0.1, 0.15) is 27.0 Å². The van der Waals surface area contributed by atoms with E-state index >= 15 is 0 Å². The van der Waals surface area contributed by atoms with Gasteiger partial charge in [0.05, 0.1) is 19.9 Å². The quantitative estimate of drug-likeness (QED) is 0.648. The number of thiophene rings is 1. The Morgan fingerprint density at radius 1 is 1.21 bits per heavy atom. The van der Waals surface area contributed by atoms with Crippen LogP contribution in [0.15, 0.2) is 41.8 Å². The van der Waals surface area contributed by atoms with E-state index in [9.17, 15) is 4.79 Å². The Hall–Kier alpha value is -2.45. The molecule has 1 unspecified atom stereocenters. The van der Waals surface area contributed by atoms with Gasteiger partial charge >= 0.3 is 0 Å². The molecule has 1 aromatic carbocycles. The minimum Gasteiger partial charge on any atom is -0.497 e. The molecule has 0 saturated carbocycles. The topological polar surface area (TPSA) is 67.5 Å². The third-order valence-electron chi connectivity index (χ3n) is 4.98. The lowest BCUT2D eigenvalue weighted by atomic mass is 10.1. The van der Waals surface area contributed by atoms with Crippen molar-refractivity contribution in [1.29, 1.82) is 0 Å². The number of aromatic amines is 1. The number of H-pyrrole nitrogens is 1. The Bertz CT molecular complexity index is 971. The first-order valence-corrected chi connectivity index (χ1v) is 11.3.